The van der Waals surface area contributed by atoms with Gasteiger partial charge in [-0.25, -0.2) is 0 Å². The third-order valence-corrected chi connectivity index (χ3v) is 5.45. The van der Waals surface area contributed by atoms with Crippen molar-refractivity contribution in [3.05, 3.63) is 0 Å². The van der Waals surface area contributed by atoms with Crippen molar-refractivity contribution in [3.63, 3.8) is 0 Å². The number of carbonyl (C=O) groups excluding carboxylic acids is 1. The second-order valence-corrected chi connectivity index (χ2v) is 6.82. The molecule has 2 saturated heterocycles. The van der Waals surface area contributed by atoms with Crippen molar-refractivity contribution in [2.75, 3.05) is 13.2 Å². The first-order valence-corrected chi connectivity index (χ1v) is 8.24. The monoisotopic (exact) mass is 297 g/mol. The second kappa shape index (κ2) is 5.86. The molecule has 3 rings (SSSR count). The summed E-state index contributed by atoms with van der Waals surface area (Å²) in [7, 11) is 0. The molecule has 5 heteroatoms. The van der Waals surface area contributed by atoms with E-state index in [-0.39, 0.29) is 41.8 Å². The summed E-state index contributed by atoms with van der Waals surface area (Å²) in [6.07, 6.45) is 3.77. The smallest absolute Gasteiger partial charge is 0.226 e. The molecule has 0 bridgehead atoms. The topological polar surface area (TPSA) is 56.8 Å². The van der Waals surface area contributed by atoms with Crippen LogP contribution in [0.15, 0.2) is 0 Å². The van der Waals surface area contributed by atoms with Gasteiger partial charge in [0, 0.05) is 18.9 Å². The molecule has 4 unspecified atom stereocenters. The highest BCUT2D eigenvalue weighted by atomic mass is 16.7. The summed E-state index contributed by atoms with van der Waals surface area (Å²) in [4.78, 5) is 12.5. The fourth-order valence-electron chi connectivity index (χ4n) is 4.00. The number of ether oxygens (including phenoxy) is 3. The maximum atomic E-state index is 12.5. The van der Waals surface area contributed by atoms with Gasteiger partial charge in [0.2, 0.25) is 5.91 Å². The largest absolute Gasteiger partial charge is 0.374 e. The van der Waals surface area contributed by atoms with Gasteiger partial charge in [-0.05, 0) is 32.6 Å². The van der Waals surface area contributed by atoms with E-state index in [0.717, 1.165) is 25.7 Å². The molecule has 3 aliphatic rings. The lowest BCUT2D eigenvalue weighted by Crippen LogP contribution is -2.47. The highest BCUT2D eigenvalue weighted by molar-refractivity contribution is 5.80. The second-order valence-electron chi connectivity index (χ2n) is 6.82. The molecule has 2 heterocycles. The Balaban J connectivity index is 1.52. The fraction of sp³-hybridized carbons (Fsp3) is 0.938. The first kappa shape index (κ1) is 15.3. The highest BCUT2D eigenvalue weighted by Crippen LogP contribution is 2.37. The average Bonchev–Trinajstić information content (AvgIpc) is 2.99. The molecule has 1 amide bonds. The maximum Gasteiger partial charge on any atom is 0.226 e. The van der Waals surface area contributed by atoms with Crippen LogP contribution in [0, 0.1) is 11.8 Å². The maximum absolute atomic E-state index is 12.5. The Hall–Kier alpha value is -0.650. The third kappa shape index (κ3) is 2.96. The molecule has 21 heavy (non-hydrogen) atoms. The zero-order valence-electron chi connectivity index (χ0n) is 13.3. The number of nitrogens with one attached hydrogen (secondary N) is 1. The molecular weight excluding hydrogens is 270 g/mol. The van der Waals surface area contributed by atoms with E-state index in [0.29, 0.717) is 13.2 Å². The molecule has 0 aromatic carbocycles. The Morgan fingerprint density at radius 2 is 1.67 bits per heavy atom. The van der Waals surface area contributed by atoms with Gasteiger partial charge in [0.25, 0.3) is 0 Å². The third-order valence-electron chi connectivity index (χ3n) is 5.45. The first-order chi connectivity index (χ1) is 10.0. The highest BCUT2D eigenvalue weighted by Gasteiger charge is 2.44. The van der Waals surface area contributed by atoms with Crippen LogP contribution < -0.4 is 5.32 Å². The van der Waals surface area contributed by atoms with Crippen molar-refractivity contribution >= 4 is 5.91 Å². The van der Waals surface area contributed by atoms with Gasteiger partial charge >= 0.3 is 0 Å². The summed E-state index contributed by atoms with van der Waals surface area (Å²) in [6.45, 7) is 7.55. The molecule has 1 saturated carbocycles. The minimum absolute atomic E-state index is 0.00596. The van der Waals surface area contributed by atoms with Crippen LogP contribution in [0.4, 0.5) is 0 Å². The van der Waals surface area contributed by atoms with Crippen molar-refractivity contribution in [2.45, 2.75) is 70.5 Å². The summed E-state index contributed by atoms with van der Waals surface area (Å²) in [6, 6.07) is 0.242. The molecule has 4 atom stereocenters. The Kier molecular flexibility index (Phi) is 4.26. The van der Waals surface area contributed by atoms with E-state index in [9.17, 15) is 4.79 Å². The van der Waals surface area contributed by atoms with Gasteiger partial charge in [0.15, 0.2) is 5.79 Å². The average molecular weight is 297 g/mol. The SMILES string of the molecule is CC1OC(C)C(C(=O)NC2CCC3(CC2)OCCO3)C1C. The lowest BCUT2D eigenvalue weighted by Gasteiger charge is -2.36. The molecule has 1 aliphatic carbocycles. The van der Waals surface area contributed by atoms with Gasteiger partial charge in [-0.3, -0.25) is 4.79 Å². The van der Waals surface area contributed by atoms with Crippen LogP contribution in [0.25, 0.3) is 0 Å². The van der Waals surface area contributed by atoms with Crippen molar-refractivity contribution in [2.24, 2.45) is 11.8 Å². The minimum Gasteiger partial charge on any atom is -0.374 e. The van der Waals surface area contributed by atoms with Crippen molar-refractivity contribution in [1.29, 1.82) is 0 Å². The molecule has 0 aromatic heterocycles. The summed E-state index contributed by atoms with van der Waals surface area (Å²) in [5, 5.41) is 3.22. The minimum atomic E-state index is -0.354. The Labute approximate surface area is 126 Å². The Morgan fingerprint density at radius 1 is 1.05 bits per heavy atom. The van der Waals surface area contributed by atoms with Gasteiger partial charge in [0.1, 0.15) is 0 Å². The predicted molar refractivity (Wildman–Crippen MR) is 77.7 cm³/mol. The van der Waals surface area contributed by atoms with Crippen molar-refractivity contribution < 1.29 is 19.0 Å². The molecule has 120 valence electrons. The number of rotatable bonds is 2. The van der Waals surface area contributed by atoms with E-state index < -0.39 is 0 Å². The van der Waals surface area contributed by atoms with E-state index in [4.69, 9.17) is 14.2 Å². The summed E-state index contributed by atoms with van der Waals surface area (Å²) in [5.41, 5.74) is 0. The number of amides is 1. The van der Waals surface area contributed by atoms with Crippen LogP contribution in [0.3, 0.4) is 0 Å². The normalized spacial score (nSPS) is 39.8. The van der Waals surface area contributed by atoms with Gasteiger partial charge in [-0.15, -0.1) is 0 Å². The Bertz CT molecular complexity index is 384. The number of carbonyl (C=O) groups is 1. The van der Waals surface area contributed by atoms with Gasteiger partial charge in [-0.2, -0.15) is 0 Å². The fourth-order valence-corrected chi connectivity index (χ4v) is 4.00. The van der Waals surface area contributed by atoms with E-state index in [1.807, 2.05) is 13.8 Å². The van der Waals surface area contributed by atoms with Crippen molar-refractivity contribution in [1.82, 2.24) is 5.32 Å². The number of hydrogen-bond acceptors (Lipinski definition) is 4. The zero-order valence-corrected chi connectivity index (χ0v) is 13.3. The van der Waals surface area contributed by atoms with E-state index >= 15 is 0 Å². The van der Waals surface area contributed by atoms with Crippen LogP contribution in [-0.2, 0) is 19.0 Å². The van der Waals surface area contributed by atoms with E-state index in [1.165, 1.54) is 0 Å². The van der Waals surface area contributed by atoms with Crippen LogP contribution in [-0.4, -0.2) is 43.2 Å². The number of hydrogen-bond donors (Lipinski definition) is 1. The summed E-state index contributed by atoms with van der Waals surface area (Å²) >= 11 is 0. The van der Waals surface area contributed by atoms with Gasteiger partial charge < -0.3 is 19.5 Å². The molecule has 0 aromatic rings. The van der Waals surface area contributed by atoms with Crippen LogP contribution in [0.2, 0.25) is 0 Å². The van der Waals surface area contributed by atoms with Crippen LogP contribution in [0.5, 0.6) is 0 Å². The Morgan fingerprint density at radius 3 is 2.19 bits per heavy atom. The molecule has 3 fully saturated rings. The molecule has 5 nitrogen and oxygen atoms in total. The van der Waals surface area contributed by atoms with Crippen LogP contribution in [0.1, 0.15) is 46.5 Å². The molecule has 1 spiro atoms. The predicted octanol–water partition coefficient (Wildman–Crippen LogP) is 1.85. The summed E-state index contributed by atoms with van der Waals surface area (Å²) < 4.78 is 17.2. The lowest BCUT2D eigenvalue weighted by molar-refractivity contribution is -0.180. The van der Waals surface area contributed by atoms with E-state index in [2.05, 4.69) is 12.2 Å². The molecule has 1 N–H and O–H groups in total. The van der Waals surface area contributed by atoms with Crippen LogP contribution >= 0.6 is 0 Å². The quantitative estimate of drug-likeness (QED) is 0.845. The summed E-state index contributed by atoms with van der Waals surface area (Å²) in [5.74, 6) is 0.0344. The van der Waals surface area contributed by atoms with Crippen molar-refractivity contribution in [3.8, 4) is 0 Å². The van der Waals surface area contributed by atoms with E-state index in [1.54, 1.807) is 0 Å². The standard InChI is InChI=1S/C16H27NO4/c1-10-11(2)21-12(3)14(10)15(18)17-13-4-6-16(7-5-13)19-8-9-20-16/h10-14H,4-9H2,1-3H3,(H,17,18). The molecular formula is C16H27NO4. The van der Waals surface area contributed by atoms with Gasteiger partial charge in [0.05, 0.1) is 31.3 Å². The zero-order chi connectivity index (χ0) is 15.0. The molecule has 0 radical (unpaired) electrons. The lowest BCUT2D eigenvalue weighted by atomic mass is 9.86. The van der Waals surface area contributed by atoms with Gasteiger partial charge in [-0.1, -0.05) is 6.92 Å². The first-order valence-electron chi connectivity index (χ1n) is 8.24. The molecule has 2 aliphatic heterocycles.